The summed E-state index contributed by atoms with van der Waals surface area (Å²) in [5.41, 5.74) is 11.1. The lowest BCUT2D eigenvalue weighted by Crippen LogP contribution is -2.24. The van der Waals surface area contributed by atoms with Crippen molar-refractivity contribution in [3.63, 3.8) is 0 Å². The Bertz CT molecular complexity index is 3920. The first-order valence-corrected chi connectivity index (χ1v) is 22.9. The maximum Gasteiger partial charge on any atom is 0.164 e. The van der Waals surface area contributed by atoms with Gasteiger partial charge >= 0.3 is 0 Å². The predicted molar refractivity (Wildman–Crippen MR) is 271 cm³/mol. The maximum atomic E-state index is 6.59. The second-order valence-corrected chi connectivity index (χ2v) is 18.0. The third-order valence-corrected chi connectivity index (χ3v) is 14.4. The molecule has 12 rings (SSSR count). The van der Waals surface area contributed by atoms with Crippen molar-refractivity contribution >= 4 is 85.6 Å². The Morgan fingerprint density at radius 3 is 1.83 bits per heavy atom. The van der Waals surface area contributed by atoms with E-state index in [9.17, 15) is 0 Å². The van der Waals surface area contributed by atoms with Gasteiger partial charge in [0, 0.05) is 67.6 Å². The number of rotatable bonds is 7. The highest BCUT2D eigenvalue weighted by molar-refractivity contribution is 7.26. The molecule has 0 atom stereocenters. The highest BCUT2D eigenvalue weighted by Gasteiger charge is 2.18. The van der Waals surface area contributed by atoms with E-state index in [0.717, 1.165) is 55.0 Å². The molecule has 4 nitrogen and oxygen atoms in total. The summed E-state index contributed by atoms with van der Waals surface area (Å²) >= 11 is 3.69. The number of hydrogen-bond acceptors (Lipinski definition) is 6. The third kappa shape index (κ3) is 6.46. The van der Waals surface area contributed by atoms with Gasteiger partial charge in [0.25, 0.3) is 0 Å². The van der Waals surface area contributed by atoms with Gasteiger partial charge in [-0.15, -0.1) is 22.7 Å². The average molecular weight is 856 g/mol. The summed E-state index contributed by atoms with van der Waals surface area (Å²) in [7, 11) is 0. The van der Waals surface area contributed by atoms with Crippen LogP contribution in [-0.4, -0.2) is 15.0 Å². The van der Waals surface area contributed by atoms with Gasteiger partial charge in [0.1, 0.15) is 11.0 Å². The molecular weight excluding hydrogens is 819 g/mol. The number of aromatic nitrogens is 3. The summed E-state index contributed by atoms with van der Waals surface area (Å²) in [6, 6.07) is 64.5. The SMILES string of the molecule is C=C/C(c1nc(-c2ccccc2)nc(-c2ccc(-c3ccccc3)cc2)n1)=c1\c(=C/C)oc2ccc(-c3cccc4sc5ccc(-c6ccc7c(c6)sc6ccccc67)cc5c34)cc12. The van der Waals surface area contributed by atoms with E-state index < -0.39 is 0 Å². The first-order valence-electron chi connectivity index (χ1n) is 21.3. The van der Waals surface area contributed by atoms with Crippen molar-refractivity contribution in [3.8, 4) is 56.2 Å². The van der Waals surface area contributed by atoms with Crippen molar-refractivity contribution in [1.29, 1.82) is 0 Å². The molecule has 8 aromatic carbocycles. The molecule has 64 heavy (non-hydrogen) atoms. The van der Waals surface area contributed by atoms with Crippen LogP contribution in [0.1, 0.15) is 12.7 Å². The van der Waals surface area contributed by atoms with Crippen LogP contribution in [0.25, 0.3) is 119 Å². The smallest absolute Gasteiger partial charge is 0.164 e. The second kappa shape index (κ2) is 15.5. The van der Waals surface area contributed by atoms with Crippen LogP contribution in [-0.2, 0) is 0 Å². The van der Waals surface area contributed by atoms with Crippen LogP contribution in [0, 0.1) is 0 Å². The van der Waals surface area contributed by atoms with Crippen LogP contribution >= 0.6 is 22.7 Å². The summed E-state index contributed by atoms with van der Waals surface area (Å²) in [5, 5.41) is 6.99. The molecule has 4 aromatic heterocycles. The molecule has 0 spiro atoms. The van der Waals surface area contributed by atoms with E-state index >= 15 is 0 Å². The van der Waals surface area contributed by atoms with Crippen molar-refractivity contribution in [2.24, 2.45) is 0 Å². The number of hydrogen-bond donors (Lipinski definition) is 0. The minimum Gasteiger partial charge on any atom is -0.456 e. The minimum atomic E-state index is 0.523. The largest absolute Gasteiger partial charge is 0.456 e. The quantitative estimate of drug-likeness (QED) is 0.160. The van der Waals surface area contributed by atoms with Crippen molar-refractivity contribution in [2.75, 3.05) is 0 Å². The zero-order valence-corrected chi connectivity index (χ0v) is 36.4. The fourth-order valence-electron chi connectivity index (χ4n) is 9.01. The highest BCUT2D eigenvalue weighted by atomic mass is 32.1. The van der Waals surface area contributed by atoms with Crippen molar-refractivity contribution in [3.05, 3.63) is 211 Å². The molecule has 0 bridgehead atoms. The molecule has 0 radical (unpaired) electrons. The van der Waals surface area contributed by atoms with E-state index in [4.69, 9.17) is 19.4 Å². The first-order chi connectivity index (χ1) is 31.6. The van der Waals surface area contributed by atoms with Crippen molar-refractivity contribution < 1.29 is 4.42 Å². The highest BCUT2D eigenvalue weighted by Crippen LogP contribution is 2.43. The molecule has 0 fully saturated rings. The van der Waals surface area contributed by atoms with E-state index in [1.165, 1.54) is 57.0 Å². The molecule has 0 amide bonds. The van der Waals surface area contributed by atoms with Gasteiger partial charge in [-0.05, 0) is 88.8 Å². The zero-order valence-electron chi connectivity index (χ0n) is 34.7. The number of furan rings is 1. The Kier molecular flexibility index (Phi) is 9.22. The second-order valence-electron chi connectivity index (χ2n) is 15.9. The number of fused-ring (bicyclic) bond motifs is 7. The van der Waals surface area contributed by atoms with Gasteiger partial charge in [0.15, 0.2) is 17.5 Å². The van der Waals surface area contributed by atoms with Gasteiger partial charge < -0.3 is 4.42 Å². The van der Waals surface area contributed by atoms with Crippen LogP contribution < -0.4 is 10.6 Å². The Labute approximate surface area is 377 Å². The standard InChI is InChI=1S/C58H37N3OS2/c1-3-42(58-60-56(37-16-9-6-10-17-37)59-57(61-58)38-24-22-36(23-25-38)35-14-7-5-8-15-35)54-46-33-41(27-30-49(46)62-48(54)4-2)43-19-13-21-52-55(43)47-32-39(28-31-51(47)63-52)40-26-29-45-44-18-11-12-20-50(44)64-53(45)34-40/h3-34H,1H2,2H3/b48-4+,54-42+. The zero-order chi connectivity index (χ0) is 42.7. The normalized spacial score (nSPS) is 12.5. The lowest BCUT2D eigenvalue weighted by molar-refractivity contribution is 0.574. The van der Waals surface area contributed by atoms with Gasteiger partial charge in [0.2, 0.25) is 0 Å². The third-order valence-electron chi connectivity index (χ3n) is 12.1. The molecule has 302 valence electrons. The first kappa shape index (κ1) is 37.9. The average Bonchev–Trinajstić information content (AvgIpc) is 4.05. The fraction of sp³-hybridized carbons (Fsp3) is 0.0172. The molecule has 6 heteroatoms. The monoisotopic (exact) mass is 855 g/mol. The lowest BCUT2D eigenvalue weighted by Gasteiger charge is -2.10. The van der Waals surface area contributed by atoms with Crippen LogP contribution in [0.5, 0.6) is 0 Å². The van der Waals surface area contributed by atoms with E-state index in [0.29, 0.717) is 17.5 Å². The van der Waals surface area contributed by atoms with Gasteiger partial charge in [0.05, 0.1) is 0 Å². The molecule has 0 aliphatic rings. The summed E-state index contributed by atoms with van der Waals surface area (Å²) in [6.07, 6.45) is 3.85. The van der Waals surface area contributed by atoms with Gasteiger partial charge in [-0.1, -0.05) is 152 Å². The van der Waals surface area contributed by atoms with Gasteiger partial charge in [-0.3, -0.25) is 0 Å². The Hall–Kier alpha value is -7.77. The van der Waals surface area contributed by atoms with E-state index in [1.54, 1.807) is 0 Å². The summed E-state index contributed by atoms with van der Waals surface area (Å²) in [5.74, 6) is 1.69. The fourth-order valence-corrected chi connectivity index (χ4v) is 11.3. The Morgan fingerprint density at radius 2 is 1.05 bits per heavy atom. The van der Waals surface area contributed by atoms with Crippen molar-refractivity contribution in [1.82, 2.24) is 15.0 Å². The minimum absolute atomic E-state index is 0.523. The summed E-state index contributed by atoms with van der Waals surface area (Å²) < 4.78 is 11.7. The van der Waals surface area contributed by atoms with E-state index in [1.807, 2.05) is 78.1 Å². The molecule has 0 N–H and O–H groups in total. The summed E-state index contributed by atoms with van der Waals surface area (Å²) in [4.78, 5) is 15.3. The van der Waals surface area contributed by atoms with Gasteiger partial charge in [-0.25, -0.2) is 15.0 Å². The predicted octanol–water partition coefficient (Wildman–Crippen LogP) is 14.9. The maximum absolute atomic E-state index is 6.59. The van der Waals surface area contributed by atoms with E-state index in [2.05, 4.69) is 152 Å². The topological polar surface area (TPSA) is 51.8 Å². The molecular formula is C58H37N3OS2. The molecule has 12 aromatic rings. The number of benzene rings is 8. The van der Waals surface area contributed by atoms with Crippen LogP contribution in [0.3, 0.4) is 0 Å². The number of thiophene rings is 2. The summed E-state index contributed by atoms with van der Waals surface area (Å²) in [6.45, 7) is 6.34. The Morgan fingerprint density at radius 1 is 0.469 bits per heavy atom. The molecule has 0 aliphatic heterocycles. The Balaban J connectivity index is 1.02. The molecule has 0 aliphatic carbocycles. The van der Waals surface area contributed by atoms with Crippen LogP contribution in [0.2, 0.25) is 0 Å². The van der Waals surface area contributed by atoms with Gasteiger partial charge in [-0.2, -0.15) is 0 Å². The number of allylic oxidation sites excluding steroid dienone is 1. The van der Waals surface area contributed by atoms with Crippen LogP contribution in [0.4, 0.5) is 0 Å². The van der Waals surface area contributed by atoms with E-state index in [-0.39, 0.29) is 0 Å². The van der Waals surface area contributed by atoms with Crippen molar-refractivity contribution in [2.45, 2.75) is 6.92 Å². The molecule has 4 heterocycles. The molecule has 0 saturated heterocycles. The lowest BCUT2D eigenvalue weighted by atomic mass is 9.96. The van der Waals surface area contributed by atoms with Crippen LogP contribution in [0.15, 0.2) is 199 Å². The molecule has 0 unspecified atom stereocenters. The number of nitrogens with zero attached hydrogens (tertiary/aromatic N) is 3. The molecule has 0 saturated carbocycles.